The number of carbonyl (C=O) groups is 1. The zero-order valence-corrected chi connectivity index (χ0v) is 22.0. The number of nitrogens with one attached hydrogen (secondary N) is 2. The van der Waals surface area contributed by atoms with Crippen LogP contribution >= 0.6 is 11.8 Å². The molecule has 0 saturated carbocycles. The molecule has 6 nitrogen and oxygen atoms in total. The Labute approximate surface area is 216 Å². The maximum atomic E-state index is 13.2. The molecule has 0 aliphatic carbocycles. The van der Waals surface area contributed by atoms with Gasteiger partial charge in [-0.15, -0.1) is 0 Å². The number of hydrogen-bond acceptors (Lipinski definition) is 5. The summed E-state index contributed by atoms with van der Waals surface area (Å²) in [6, 6.07) is 21.7. The molecule has 0 bridgehead atoms. The summed E-state index contributed by atoms with van der Waals surface area (Å²) in [6.07, 6.45) is 0.665. The number of benzene rings is 3. The number of aromatic amines is 1. The number of rotatable bonds is 9. The first kappa shape index (κ1) is 25.4. The predicted molar refractivity (Wildman–Crippen MR) is 147 cm³/mol. The average Bonchev–Trinajstić information content (AvgIpc) is 3.32. The van der Waals surface area contributed by atoms with E-state index in [1.807, 2.05) is 81.4 Å². The van der Waals surface area contributed by atoms with Gasteiger partial charge in [0.15, 0.2) is 5.16 Å². The van der Waals surface area contributed by atoms with Gasteiger partial charge in [0.1, 0.15) is 11.5 Å². The lowest BCUT2D eigenvalue weighted by atomic mass is 10.0. The molecule has 0 saturated heterocycles. The molecule has 1 unspecified atom stereocenters. The number of ether oxygens (including phenoxy) is 2. The van der Waals surface area contributed by atoms with E-state index in [-0.39, 0.29) is 11.2 Å². The third-order valence-corrected chi connectivity index (χ3v) is 7.23. The molecule has 1 amide bonds. The van der Waals surface area contributed by atoms with Gasteiger partial charge in [-0.05, 0) is 80.4 Å². The van der Waals surface area contributed by atoms with Gasteiger partial charge in [0.05, 0.1) is 30.9 Å². The molecule has 4 rings (SSSR count). The minimum Gasteiger partial charge on any atom is -0.497 e. The molecular weight excluding hydrogens is 470 g/mol. The number of amides is 1. The highest BCUT2D eigenvalue weighted by Crippen LogP contribution is 2.36. The smallest absolute Gasteiger partial charge is 0.237 e. The SMILES string of the molecule is CCC(Sc1nc(-c2ccc(OC)cc2)c(-c2ccc(OC)cc2)[nH]1)C(=O)Nc1ccc(C)cc1C. The normalized spacial score (nSPS) is 11.7. The minimum absolute atomic E-state index is 0.0390. The Bertz CT molecular complexity index is 1270. The van der Waals surface area contributed by atoms with Crippen LogP contribution in [0.1, 0.15) is 24.5 Å². The quantitative estimate of drug-likeness (QED) is 0.244. The minimum atomic E-state index is -0.302. The highest BCUT2D eigenvalue weighted by atomic mass is 32.2. The van der Waals surface area contributed by atoms with Crippen molar-refractivity contribution in [3.8, 4) is 34.0 Å². The van der Waals surface area contributed by atoms with Gasteiger partial charge in [0, 0.05) is 16.8 Å². The van der Waals surface area contributed by atoms with E-state index in [1.54, 1.807) is 14.2 Å². The van der Waals surface area contributed by atoms with E-state index >= 15 is 0 Å². The Morgan fingerprint density at radius 3 is 2.11 bits per heavy atom. The van der Waals surface area contributed by atoms with Gasteiger partial charge < -0.3 is 19.8 Å². The molecule has 186 valence electrons. The lowest BCUT2D eigenvalue weighted by molar-refractivity contribution is -0.115. The summed E-state index contributed by atoms with van der Waals surface area (Å²) in [5.74, 6) is 1.53. The second-order valence-corrected chi connectivity index (χ2v) is 9.74. The molecule has 3 aromatic carbocycles. The first-order valence-corrected chi connectivity index (χ1v) is 12.7. The summed E-state index contributed by atoms with van der Waals surface area (Å²) in [7, 11) is 3.30. The molecule has 1 atom stereocenters. The molecule has 7 heteroatoms. The van der Waals surface area contributed by atoms with Crippen molar-refractivity contribution in [2.24, 2.45) is 0 Å². The van der Waals surface area contributed by atoms with Crippen molar-refractivity contribution in [1.82, 2.24) is 9.97 Å². The molecule has 0 aliphatic rings. The van der Waals surface area contributed by atoms with Crippen LogP contribution in [0.5, 0.6) is 11.5 Å². The van der Waals surface area contributed by atoms with E-state index in [0.717, 1.165) is 45.3 Å². The Balaban J connectivity index is 1.64. The summed E-state index contributed by atoms with van der Waals surface area (Å²) >= 11 is 1.44. The lowest BCUT2D eigenvalue weighted by Gasteiger charge is -2.15. The molecule has 0 radical (unpaired) electrons. The van der Waals surface area contributed by atoms with Crippen LogP contribution in [0, 0.1) is 13.8 Å². The fraction of sp³-hybridized carbons (Fsp3) is 0.241. The largest absolute Gasteiger partial charge is 0.497 e. The molecule has 2 N–H and O–H groups in total. The van der Waals surface area contributed by atoms with Gasteiger partial charge in [0.2, 0.25) is 5.91 Å². The van der Waals surface area contributed by atoms with Crippen LogP contribution in [0.25, 0.3) is 22.5 Å². The van der Waals surface area contributed by atoms with Gasteiger partial charge in [0.25, 0.3) is 0 Å². The van der Waals surface area contributed by atoms with E-state index in [4.69, 9.17) is 14.5 Å². The Morgan fingerprint density at radius 1 is 0.944 bits per heavy atom. The van der Waals surface area contributed by atoms with Crippen LogP contribution in [0.2, 0.25) is 0 Å². The number of aromatic nitrogens is 2. The number of methoxy groups -OCH3 is 2. The molecule has 0 aliphatic heterocycles. The summed E-state index contributed by atoms with van der Waals surface area (Å²) < 4.78 is 10.6. The maximum absolute atomic E-state index is 13.2. The number of anilines is 1. The first-order chi connectivity index (χ1) is 17.4. The number of thioether (sulfide) groups is 1. The third-order valence-electron chi connectivity index (χ3n) is 5.98. The van der Waals surface area contributed by atoms with Crippen molar-refractivity contribution < 1.29 is 14.3 Å². The van der Waals surface area contributed by atoms with E-state index in [0.29, 0.717) is 11.6 Å². The fourth-order valence-corrected chi connectivity index (χ4v) is 4.86. The Hall–Kier alpha value is -3.71. The van der Waals surface area contributed by atoms with Crippen LogP contribution in [0.3, 0.4) is 0 Å². The summed E-state index contributed by atoms with van der Waals surface area (Å²) in [5, 5.41) is 3.48. The second-order valence-electron chi connectivity index (χ2n) is 8.54. The van der Waals surface area contributed by atoms with Crippen molar-refractivity contribution in [2.75, 3.05) is 19.5 Å². The van der Waals surface area contributed by atoms with Crippen LogP contribution in [0.4, 0.5) is 5.69 Å². The van der Waals surface area contributed by atoms with Crippen molar-refractivity contribution in [3.63, 3.8) is 0 Å². The molecule has 36 heavy (non-hydrogen) atoms. The first-order valence-electron chi connectivity index (χ1n) is 11.9. The molecular formula is C29H31N3O3S. The molecule has 1 heterocycles. The summed E-state index contributed by atoms with van der Waals surface area (Å²) in [6.45, 7) is 6.06. The predicted octanol–water partition coefficient (Wildman–Crippen LogP) is 6.89. The van der Waals surface area contributed by atoms with Crippen LogP contribution in [0.15, 0.2) is 71.9 Å². The van der Waals surface area contributed by atoms with Crippen LogP contribution in [-0.4, -0.2) is 35.3 Å². The monoisotopic (exact) mass is 501 g/mol. The average molecular weight is 502 g/mol. The number of hydrogen-bond donors (Lipinski definition) is 2. The van der Waals surface area contributed by atoms with Gasteiger partial charge in [-0.3, -0.25) is 4.79 Å². The maximum Gasteiger partial charge on any atom is 0.237 e. The van der Waals surface area contributed by atoms with Crippen molar-refractivity contribution in [2.45, 2.75) is 37.6 Å². The number of H-pyrrole nitrogens is 1. The molecule has 4 aromatic rings. The number of imidazole rings is 1. The van der Waals surface area contributed by atoms with Crippen LogP contribution < -0.4 is 14.8 Å². The van der Waals surface area contributed by atoms with Gasteiger partial charge >= 0.3 is 0 Å². The van der Waals surface area contributed by atoms with E-state index < -0.39 is 0 Å². The number of carbonyl (C=O) groups excluding carboxylic acids is 1. The van der Waals surface area contributed by atoms with E-state index in [9.17, 15) is 4.79 Å². The highest BCUT2D eigenvalue weighted by molar-refractivity contribution is 8.00. The Kier molecular flexibility index (Phi) is 8.00. The molecule has 0 fully saturated rings. The standard InChI is InChI=1S/C29H31N3O3S/c1-6-25(28(33)30-24-16-7-18(2)17-19(24)3)36-29-31-26(20-8-12-22(34-4)13-9-20)27(32-29)21-10-14-23(35-5)15-11-21/h7-17,25H,6H2,1-5H3,(H,30,33)(H,31,32). The number of nitrogens with zero attached hydrogens (tertiary/aromatic N) is 1. The zero-order valence-electron chi connectivity index (χ0n) is 21.2. The molecule has 1 aromatic heterocycles. The zero-order chi connectivity index (χ0) is 25.7. The van der Waals surface area contributed by atoms with Gasteiger partial charge in [-0.1, -0.05) is 36.4 Å². The highest BCUT2D eigenvalue weighted by Gasteiger charge is 2.23. The molecule has 0 spiro atoms. The summed E-state index contributed by atoms with van der Waals surface area (Å²) in [4.78, 5) is 21.5. The van der Waals surface area contributed by atoms with Crippen molar-refractivity contribution >= 4 is 23.4 Å². The van der Waals surface area contributed by atoms with Gasteiger partial charge in [-0.25, -0.2) is 4.98 Å². The Morgan fingerprint density at radius 2 is 1.56 bits per heavy atom. The van der Waals surface area contributed by atoms with Crippen molar-refractivity contribution in [3.05, 3.63) is 77.9 Å². The second kappa shape index (κ2) is 11.4. The van der Waals surface area contributed by atoms with Crippen molar-refractivity contribution in [1.29, 1.82) is 0 Å². The van der Waals surface area contributed by atoms with E-state index in [1.165, 1.54) is 17.3 Å². The van der Waals surface area contributed by atoms with Gasteiger partial charge in [-0.2, -0.15) is 0 Å². The van der Waals surface area contributed by atoms with E-state index in [2.05, 4.69) is 16.4 Å². The number of aryl methyl sites for hydroxylation is 2. The fourth-order valence-electron chi connectivity index (χ4n) is 3.96. The lowest BCUT2D eigenvalue weighted by Crippen LogP contribution is -2.25. The topological polar surface area (TPSA) is 76.2 Å². The van der Waals surface area contributed by atoms with Crippen LogP contribution in [-0.2, 0) is 4.79 Å². The summed E-state index contributed by atoms with van der Waals surface area (Å²) in [5.41, 5.74) is 6.68. The third kappa shape index (κ3) is 5.74.